The second kappa shape index (κ2) is 9.93. The molecular formula is C20H20O5. The first kappa shape index (κ1) is 18.3. The van der Waals surface area contributed by atoms with Gasteiger partial charge >= 0.3 is 11.9 Å². The van der Waals surface area contributed by atoms with E-state index in [9.17, 15) is 9.59 Å². The van der Waals surface area contributed by atoms with Crippen LogP contribution in [0.2, 0.25) is 0 Å². The highest BCUT2D eigenvalue weighted by atomic mass is 16.6. The van der Waals surface area contributed by atoms with Crippen LogP contribution in [0, 0.1) is 0 Å². The number of hydrogen-bond donors (Lipinski definition) is 0. The summed E-state index contributed by atoms with van der Waals surface area (Å²) in [4.78, 5) is 23.0. The van der Waals surface area contributed by atoms with Crippen molar-refractivity contribution in [2.24, 2.45) is 0 Å². The fraction of sp³-hybridized carbons (Fsp3) is 0.200. The maximum Gasteiger partial charge on any atom is 0.343 e. The summed E-state index contributed by atoms with van der Waals surface area (Å²) < 4.78 is 16.0. The predicted octanol–water partition coefficient (Wildman–Crippen LogP) is 3.79. The topological polar surface area (TPSA) is 61.8 Å². The Bertz CT molecular complexity index is 709. The van der Waals surface area contributed by atoms with Gasteiger partial charge in [0, 0.05) is 6.08 Å². The lowest BCUT2D eigenvalue weighted by Crippen LogP contribution is -2.10. The molecule has 2 aromatic carbocycles. The third-order valence-electron chi connectivity index (χ3n) is 3.27. The SMILES string of the molecule is C=CC(=O)OCCCCOc1ccccc1OC(=O)c1ccccc1. The summed E-state index contributed by atoms with van der Waals surface area (Å²) in [5.41, 5.74) is 0.473. The summed E-state index contributed by atoms with van der Waals surface area (Å²) in [6.45, 7) is 4.07. The third kappa shape index (κ3) is 6.14. The Morgan fingerprint density at radius 3 is 2.24 bits per heavy atom. The molecule has 130 valence electrons. The lowest BCUT2D eigenvalue weighted by Gasteiger charge is -2.11. The Labute approximate surface area is 146 Å². The van der Waals surface area contributed by atoms with E-state index in [-0.39, 0.29) is 0 Å². The average Bonchev–Trinajstić information content (AvgIpc) is 2.66. The van der Waals surface area contributed by atoms with E-state index < -0.39 is 11.9 Å². The zero-order valence-corrected chi connectivity index (χ0v) is 13.9. The summed E-state index contributed by atoms with van der Waals surface area (Å²) in [5.74, 6) is -0.00335. The van der Waals surface area contributed by atoms with Gasteiger partial charge in [-0.25, -0.2) is 9.59 Å². The Morgan fingerprint density at radius 1 is 0.880 bits per heavy atom. The number of esters is 2. The van der Waals surface area contributed by atoms with Crippen molar-refractivity contribution < 1.29 is 23.8 Å². The highest BCUT2D eigenvalue weighted by Crippen LogP contribution is 2.27. The highest BCUT2D eigenvalue weighted by Gasteiger charge is 2.11. The van der Waals surface area contributed by atoms with Crippen LogP contribution in [0.5, 0.6) is 11.5 Å². The minimum absolute atomic E-state index is 0.318. The monoisotopic (exact) mass is 340 g/mol. The molecule has 5 heteroatoms. The number of rotatable bonds is 9. The number of carbonyl (C=O) groups is 2. The molecule has 0 amide bonds. The van der Waals surface area contributed by atoms with Gasteiger partial charge in [0.25, 0.3) is 0 Å². The lowest BCUT2D eigenvalue weighted by molar-refractivity contribution is -0.137. The molecule has 0 radical (unpaired) electrons. The van der Waals surface area contributed by atoms with Crippen LogP contribution in [0.1, 0.15) is 23.2 Å². The van der Waals surface area contributed by atoms with Crippen molar-refractivity contribution in [2.75, 3.05) is 13.2 Å². The van der Waals surface area contributed by atoms with E-state index in [0.29, 0.717) is 43.1 Å². The van der Waals surface area contributed by atoms with Crippen molar-refractivity contribution in [3.63, 3.8) is 0 Å². The van der Waals surface area contributed by atoms with E-state index in [1.807, 2.05) is 6.07 Å². The molecule has 0 bridgehead atoms. The van der Waals surface area contributed by atoms with E-state index in [0.717, 1.165) is 6.08 Å². The molecule has 0 aromatic heterocycles. The maximum atomic E-state index is 12.1. The van der Waals surface area contributed by atoms with E-state index in [4.69, 9.17) is 14.2 Å². The molecule has 2 aromatic rings. The van der Waals surface area contributed by atoms with Crippen LogP contribution < -0.4 is 9.47 Å². The van der Waals surface area contributed by atoms with Crippen LogP contribution in [0.3, 0.4) is 0 Å². The Kier molecular flexibility index (Phi) is 7.25. The minimum Gasteiger partial charge on any atom is -0.490 e. The fourth-order valence-corrected chi connectivity index (χ4v) is 2.00. The summed E-state index contributed by atoms with van der Waals surface area (Å²) >= 11 is 0. The van der Waals surface area contributed by atoms with Crippen molar-refractivity contribution >= 4 is 11.9 Å². The molecule has 0 atom stereocenters. The van der Waals surface area contributed by atoms with Gasteiger partial charge < -0.3 is 14.2 Å². The molecule has 0 spiro atoms. The van der Waals surface area contributed by atoms with Crippen molar-refractivity contribution in [2.45, 2.75) is 12.8 Å². The van der Waals surface area contributed by atoms with E-state index in [1.54, 1.807) is 48.5 Å². The van der Waals surface area contributed by atoms with E-state index in [1.165, 1.54) is 0 Å². The molecule has 2 rings (SSSR count). The number of benzene rings is 2. The summed E-state index contributed by atoms with van der Waals surface area (Å²) in [5, 5.41) is 0. The van der Waals surface area contributed by atoms with Gasteiger partial charge in [-0.05, 0) is 37.1 Å². The van der Waals surface area contributed by atoms with Gasteiger partial charge in [0.05, 0.1) is 18.8 Å². The van der Waals surface area contributed by atoms with E-state index in [2.05, 4.69) is 6.58 Å². The molecule has 5 nitrogen and oxygen atoms in total. The molecule has 0 aliphatic heterocycles. The van der Waals surface area contributed by atoms with Crippen LogP contribution >= 0.6 is 0 Å². The van der Waals surface area contributed by atoms with Crippen LogP contribution in [-0.2, 0) is 9.53 Å². The normalized spacial score (nSPS) is 9.92. The molecule has 0 unspecified atom stereocenters. The van der Waals surface area contributed by atoms with Gasteiger partial charge in [-0.15, -0.1) is 0 Å². The summed E-state index contributed by atoms with van der Waals surface area (Å²) in [7, 11) is 0. The van der Waals surface area contributed by atoms with Gasteiger partial charge in [-0.1, -0.05) is 36.9 Å². The molecule has 0 fully saturated rings. The zero-order chi connectivity index (χ0) is 17.9. The molecule has 0 N–H and O–H groups in total. The van der Waals surface area contributed by atoms with E-state index >= 15 is 0 Å². The second-order valence-electron chi connectivity index (χ2n) is 5.13. The largest absolute Gasteiger partial charge is 0.490 e. The van der Waals surface area contributed by atoms with Gasteiger partial charge in [-0.2, -0.15) is 0 Å². The highest BCUT2D eigenvalue weighted by molar-refractivity contribution is 5.91. The van der Waals surface area contributed by atoms with Crippen LogP contribution in [0.15, 0.2) is 67.3 Å². The van der Waals surface area contributed by atoms with Gasteiger partial charge in [0.1, 0.15) is 0 Å². The molecule has 0 saturated heterocycles. The van der Waals surface area contributed by atoms with Crippen molar-refractivity contribution in [3.05, 3.63) is 72.8 Å². The molecule has 0 aliphatic rings. The zero-order valence-electron chi connectivity index (χ0n) is 13.9. The van der Waals surface area contributed by atoms with Crippen LogP contribution in [0.25, 0.3) is 0 Å². The number of carbonyl (C=O) groups excluding carboxylic acids is 2. The van der Waals surface area contributed by atoms with Gasteiger partial charge in [-0.3, -0.25) is 0 Å². The molecule has 0 saturated carbocycles. The standard InChI is InChI=1S/C20H20O5/c1-2-19(21)24-15-9-8-14-23-17-12-6-7-13-18(17)25-20(22)16-10-4-3-5-11-16/h2-7,10-13H,1,8-9,14-15H2. The number of unbranched alkanes of at least 4 members (excludes halogenated alkanes) is 1. The molecular weight excluding hydrogens is 320 g/mol. The average molecular weight is 340 g/mol. The van der Waals surface area contributed by atoms with Crippen LogP contribution in [-0.4, -0.2) is 25.2 Å². The summed E-state index contributed by atoms with van der Waals surface area (Å²) in [6, 6.07) is 15.8. The number of hydrogen-bond acceptors (Lipinski definition) is 5. The third-order valence-corrected chi connectivity index (χ3v) is 3.27. The molecule has 0 aliphatic carbocycles. The molecule has 0 heterocycles. The summed E-state index contributed by atoms with van der Waals surface area (Å²) in [6.07, 6.45) is 2.50. The van der Waals surface area contributed by atoms with Crippen molar-refractivity contribution in [1.29, 1.82) is 0 Å². The lowest BCUT2D eigenvalue weighted by atomic mass is 10.2. The first-order chi connectivity index (χ1) is 12.2. The quantitative estimate of drug-likeness (QED) is 0.301. The van der Waals surface area contributed by atoms with Gasteiger partial charge in [0.2, 0.25) is 0 Å². The second-order valence-corrected chi connectivity index (χ2v) is 5.13. The first-order valence-corrected chi connectivity index (χ1v) is 7.99. The number of para-hydroxylation sites is 2. The Morgan fingerprint density at radius 2 is 1.52 bits per heavy atom. The van der Waals surface area contributed by atoms with Gasteiger partial charge in [0.15, 0.2) is 11.5 Å². The predicted molar refractivity (Wildman–Crippen MR) is 93.7 cm³/mol. The molecule has 25 heavy (non-hydrogen) atoms. The first-order valence-electron chi connectivity index (χ1n) is 7.99. The van der Waals surface area contributed by atoms with Crippen molar-refractivity contribution in [3.8, 4) is 11.5 Å². The number of ether oxygens (including phenoxy) is 3. The Hall–Kier alpha value is -3.08. The minimum atomic E-state index is -0.437. The van der Waals surface area contributed by atoms with Crippen molar-refractivity contribution in [1.82, 2.24) is 0 Å². The van der Waals surface area contributed by atoms with Crippen LogP contribution in [0.4, 0.5) is 0 Å². The fourth-order valence-electron chi connectivity index (χ4n) is 2.00. The maximum absolute atomic E-state index is 12.1. The smallest absolute Gasteiger partial charge is 0.343 e. The Balaban J connectivity index is 1.83.